The van der Waals surface area contributed by atoms with Crippen LogP contribution in [0.15, 0.2) is 54.6 Å². The maximum atomic E-state index is 12.7. The lowest BCUT2D eigenvalue weighted by Gasteiger charge is -2.27. The van der Waals surface area contributed by atoms with Gasteiger partial charge >= 0.3 is 0 Å². The van der Waals surface area contributed by atoms with Gasteiger partial charge in [-0.25, -0.2) is 0 Å². The number of rotatable bonds is 6. The van der Waals surface area contributed by atoms with Gasteiger partial charge in [-0.1, -0.05) is 60.2 Å². The van der Waals surface area contributed by atoms with Gasteiger partial charge in [0.1, 0.15) is 0 Å². The van der Waals surface area contributed by atoms with E-state index in [0.717, 1.165) is 31.4 Å². The topological polar surface area (TPSA) is 40.5 Å². The molecule has 1 heterocycles. The molecule has 1 aliphatic heterocycles. The van der Waals surface area contributed by atoms with Crippen LogP contribution in [0.1, 0.15) is 48.5 Å². The number of aliphatic hydroxyl groups excluding tert-OH is 1. The van der Waals surface area contributed by atoms with Crippen LogP contribution >= 0.6 is 0 Å². The van der Waals surface area contributed by atoms with Gasteiger partial charge in [-0.05, 0) is 43.7 Å². The summed E-state index contributed by atoms with van der Waals surface area (Å²) in [6.07, 6.45) is 3.46. The Morgan fingerprint density at radius 3 is 2.60 bits per heavy atom. The number of carbonyl (C=O) groups excluding carboxylic acids is 1. The van der Waals surface area contributed by atoms with Crippen LogP contribution in [0, 0.1) is 6.92 Å². The summed E-state index contributed by atoms with van der Waals surface area (Å²) >= 11 is 0. The maximum Gasteiger partial charge on any atom is 0.223 e. The third kappa shape index (κ3) is 4.70. The predicted octanol–water partition coefficient (Wildman–Crippen LogP) is 4.04. The molecule has 3 heteroatoms. The Balaban J connectivity index is 1.55. The van der Waals surface area contributed by atoms with Crippen LogP contribution in [0.5, 0.6) is 0 Å². The van der Waals surface area contributed by atoms with E-state index in [4.69, 9.17) is 0 Å². The van der Waals surface area contributed by atoms with Gasteiger partial charge in [-0.3, -0.25) is 4.79 Å². The smallest absolute Gasteiger partial charge is 0.223 e. The van der Waals surface area contributed by atoms with Crippen molar-refractivity contribution in [3.05, 3.63) is 71.3 Å². The highest BCUT2D eigenvalue weighted by atomic mass is 16.3. The van der Waals surface area contributed by atoms with Crippen molar-refractivity contribution in [3.8, 4) is 0 Å². The summed E-state index contributed by atoms with van der Waals surface area (Å²) in [5.41, 5.74) is 3.38. The number of aliphatic hydroxyl groups is 1. The van der Waals surface area contributed by atoms with Gasteiger partial charge in [0.05, 0.1) is 6.10 Å². The number of amides is 1. The van der Waals surface area contributed by atoms with Crippen LogP contribution in [0.4, 0.5) is 0 Å². The highest BCUT2D eigenvalue weighted by molar-refractivity contribution is 5.77. The maximum absolute atomic E-state index is 12.7. The molecule has 0 aliphatic carbocycles. The van der Waals surface area contributed by atoms with Crippen LogP contribution in [0.2, 0.25) is 0 Å². The van der Waals surface area contributed by atoms with Crippen LogP contribution in [0.25, 0.3) is 0 Å². The molecule has 1 N–H and O–H groups in total. The van der Waals surface area contributed by atoms with E-state index in [0.29, 0.717) is 12.8 Å². The molecule has 0 spiro atoms. The third-order valence-corrected chi connectivity index (χ3v) is 5.13. The van der Waals surface area contributed by atoms with Gasteiger partial charge in [0.25, 0.3) is 0 Å². The van der Waals surface area contributed by atoms with Crippen LogP contribution in [-0.4, -0.2) is 28.5 Å². The van der Waals surface area contributed by atoms with Crippen molar-refractivity contribution in [3.63, 3.8) is 0 Å². The Kier molecular flexibility index (Phi) is 5.87. The number of nitrogens with zero attached hydrogens (tertiary/aromatic N) is 1. The number of aryl methyl sites for hydroxylation is 2. The summed E-state index contributed by atoms with van der Waals surface area (Å²) in [5.74, 6) is 0.211. The molecule has 132 valence electrons. The first-order valence-electron chi connectivity index (χ1n) is 9.21. The molecule has 1 fully saturated rings. The molecular weight excluding hydrogens is 310 g/mol. The average molecular weight is 337 g/mol. The standard InChI is InChI=1S/C22H27NO2/c1-17-9-11-18(12-10-17)13-14-22(25)23-15-5-8-20(23)16-21(24)19-6-3-2-4-7-19/h2-4,6-7,9-12,20-21,24H,5,8,13-16H2,1H3. The van der Waals surface area contributed by atoms with E-state index in [9.17, 15) is 9.90 Å². The van der Waals surface area contributed by atoms with Crippen LogP contribution in [0.3, 0.4) is 0 Å². The second-order valence-electron chi connectivity index (χ2n) is 7.03. The molecular formula is C22H27NO2. The second-order valence-corrected chi connectivity index (χ2v) is 7.03. The molecule has 0 bridgehead atoms. The minimum absolute atomic E-state index is 0.153. The van der Waals surface area contributed by atoms with Gasteiger partial charge in [0.2, 0.25) is 5.91 Å². The molecule has 1 aliphatic rings. The van der Waals surface area contributed by atoms with Gasteiger partial charge in [-0.2, -0.15) is 0 Å². The molecule has 2 aromatic rings. The van der Waals surface area contributed by atoms with Gasteiger partial charge in [-0.15, -0.1) is 0 Å². The lowest BCUT2D eigenvalue weighted by molar-refractivity contribution is -0.132. The van der Waals surface area contributed by atoms with E-state index in [1.54, 1.807) is 0 Å². The number of hydrogen-bond acceptors (Lipinski definition) is 2. The second kappa shape index (κ2) is 8.30. The molecule has 2 aromatic carbocycles. The van der Waals surface area contributed by atoms with E-state index in [2.05, 4.69) is 31.2 Å². The molecule has 3 nitrogen and oxygen atoms in total. The summed E-state index contributed by atoms with van der Waals surface area (Å²) in [4.78, 5) is 14.6. The first-order chi connectivity index (χ1) is 12.1. The average Bonchev–Trinajstić information content (AvgIpc) is 3.10. The van der Waals surface area contributed by atoms with E-state index < -0.39 is 6.10 Å². The Morgan fingerprint density at radius 1 is 1.16 bits per heavy atom. The first-order valence-corrected chi connectivity index (χ1v) is 9.21. The highest BCUT2D eigenvalue weighted by Gasteiger charge is 2.30. The van der Waals surface area contributed by atoms with Crippen LogP contribution < -0.4 is 0 Å². The molecule has 25 heavy (non-hydrogen) atoms. The third-order valence-electron chi connectivity index (χ3n) is 5.13. The number of benzene rings is 2. The summed E-state index contributed by atoms with van der Waals surface area (Å²) in [6.45, 7) is 2.89. The van der Waals surface area contributed by atoms with Crippen molar-refractivity contribution >= 4 is 5.91 Å². The largest absolute Gasteiger partial charge is 0.388 e. The molecule has 0 saturated carbocycles. The zero-order valence-corrected chi connectivity index (χ0v) is 14.9. The normalized spacial score (nSPS) is 18.3. The molecule has 3 rings (SSSR count). The van der Waals surface area contributed by atoms with Gasteiger partial charge in [0, 0.05) is 19.0 Å². The lowest BCUT2D eigenvalue weighted by Crippen LogP contribution is -2.36. The summed E-state index contributed by atoms with van der Waals surface area (Å²) in [7, 11) is 0. The Hall–Kier alpha value is -2.13. The predicted molar refractivity (Wildman–Crippen MR) is 100 cm³/mol. The first kappa shape index (κ1) is 17.7. The molecule has 2 atom stereocenters. The molecule has 0 radical (unpaired) electrons. The summed E-state index contributed by atoms with van der Waals surface area (Å²) in [6, 6.07) is 18.3. The van der Waals surface area contributed by atoms with E-state index in [1.165, 1.54) is 11.1 Å². The van der Waals surface area contributed by atoms with E-state index >= 15 is 0 Å². The fourth-order valence-electron chi connectivity index (χ4n) is 3.63. The fraction of sp³-hybridized carbons (Fsp3) is 0.409. The molecule has 1 saturated heterocycles. The fourth-order valence-corrected chi connectivity index (χ4v) is 3.63. The SMILES string of the molecule is Cc1ccc(CCC(=O)N2CCCC2CC(O)c2ccccc2)cc1. The van der Waals surface area contributed by atoms with E-state index in [-0.39, 0.29) is 11.9 Å². The summed E-state index contributed by atoms with van der Waals surface area (Å²) in [5, 5.41) is 10.5. The molecule has 2 unspecified atom stereocenters. The van der Waals surface area contributed by atoms with Crippen molar-refractivity contribution in [2.75, 3.05) is 6.54 Å². The zero-order valence-electron chi connectivity index (χ0n) is 14.9. The van der Waals surface area contributed by atoms with Crippen molar-refractivity contribution in [2.24, 2.45) is 0 Å². The molecule has 1 amide bonds. The minimum Gasteiger partial charge on any atom is -0.388 e. The molecule has 0 aromatic heterocycles. The zero-order chi connectivity index (χ0) is 17.6. The lowest BCUT2D eigenvalue weighted by atomic mass is 10.00. The van der Waals surface area contributed by atoms with Crippen molar-refractivity contribution in [1.29, 1.82) is 0 Å². The Morgan fingerprint density at radius 2 is 1.88 bits per heavy atom. The minimum atomic E-state index is -0.503. The van der Waals surface area contributed by atoms with Crippen molar-refractivity contribution in [1.82, 2.24) is 4.90 Å². The monoisotopic (exact) mass is 337 g/mol. The quantitative estimate of drug-likeness (QED) is 0.864. The van der Waals surface area contributed by atoms with E-state index in [1.807, 2.05) is 35.2 Å². The Labute approximate surface area is 150 Å². The van der Waals surface area contributed by atoms with Crippen molar-refractivity contribution < 1.29 is 9.90 Å². The number of likely N-dealkylation sites (tertiary alicyclic amines) is 1. The van der Waals surface area contributed by atoms with Gasteiger partial charge < -0.3 is 10.0 Å². The van der Waals surface area contributed by atoms with Crippen LogP contribution in [-0.2, 0) is 11.2 Å². The van der Waals surface area contributed by atoms with Crippen molar-refractivity contribution in [2.45, 2.75) is 51.2 Å². The Bertz CT molecular complexity index is 681. The number of hydrogen-bond donors (Lipinski definition) is 1. The highest BCUT2D eigenvalue weighted by Crippen LogP contribution is 2.28. The van der Waals surface area contributed by atoms with Gasteiger partial charge in [0.15, 0.2) is 0 Å². The summed E-state index contributed by atoms with van der Waals surface area (Å²) < 4.78 is 0. The number of carbonyl (C=O) groups is 1.